The number of H-pyrrole nitrogens is 2. The Kier molecular flexibility index (Phi) is 3.58. The normalized spacial score (nSPS) is 16.4. The molecule has 0 aromatic carbocycles. The molecule has 0 amide bonds. The fourth-order valence-corrected chi connectivity index (χ4v) is 4.99. The number of pyridine rings is 1. The van der Waals surface area contributed by atoms with Crippen molar-refractivity contribution in [2.45, 2.75) is 4.90 Å². The van der Waals surface area contributed by atoms with Crippen molar-refractivity contribution in [3.8, 4) is 0 Å². The van der Waals surface area contributed by atoms with Crippen LogP contribution in [-0.4, -0.2) is 68.8 Å². The van der Waals surface area contributed by atoms with Gasteiger partial charge >= 0.3 is 0 Å². The SMILES string of the molecule is O=S(=O)(c1c[nH]c2ncccc12)N1CCN(c2ncnc3nc[nH]c23)CC1. The Labute approximate surface area is 154 Å². The molecule has 27 heavy (non-hydrogen) atoms. The van der Waals surface area contributed by atoms with Crippen LogP contribution >= 0.6 is 0 Å². The van der Waals surface area contributed by atoms with Crippen molar-refractivity contribution in [2.24, 2.45) is 0 Å². The molecule has 0 unspecified atom stereocenters. The van der Waals surface area contributed by atoms with E-state index >= 15 is 0 Å². The first-order valence-electron chi connectivity index (χ1n) is 8.46. The minimum Gasteiger partial charge on any atom is -0.352 e. The second-order valence-electron chi connectivity index (χ2n) is 6.24. The molecule has 5 rings (SSSR count). The van der Waals surface area contributed by atoms with Crippen molar-refractivity contribution < 1.29 is 8.42 Å². The van der Waals surface area contributed by atoms with Gasteiger partial charge in [0.25, 0.3) is 0 Å². The number of nitrogens with one attached hydrogen (secondary N) is 2. The lowest BCUT2D eigenvalue weighted by Crippen LogP contribution is -2.49. The molecule has 0 saturated carbocycles. The second kappa shape index (κ2) is 5.99. The molecule has 10 nitrogen and oxygen atoms in total. The first kappa shape index (κ1) is 16.1. The van der Waals surface area contributed by atoms with Crippen LogP contribution in [0.25, 0.3) is 22.2 Å². The number of hydrogen-bond donors (Lipinski definition) is 2. The first-order chi connectivity index (χ1) is 13.1. The topological polar surface area (TPSA) is 124 Å². The quantitative estimate of drug-likeness (QED) is 0.534. The molecule has 4 aromatic rings. The molecule has 0 atom stereocenters. The zero-order valence-electron chi connectivity index (χ0n) is 14.2. The molecule has 1 aliphatic heterocycles. The van der Waals surface area contributed by atoms with E-state index in [1.54, 1.807) is 24.7 Å². The summed E-state index contributed by atoms with van der Waals surface area (Å²) >= 11 is 0. The Bertz CT molecular complexity index is 1220. The van der Waals surface area contributed by atoms with Crippen molar-refractivity contribution in [3.63, 3.8) is 0 Å². The maximum atomic E-state index is 13.1. The van der Waals surface area contributed by atoms with E-state index < -0.39 is 10.0 Å². The molecule has 11 heteroatoms. The Morgan fingerprint density at radius 3 is 2.70 bits per heavy atom. The summed E-state index contributed by atoms with van der Waals surface area (Å²) in [6, 6.07) is 3.50. The van der Waals surface area contributed by atoms with E-state index in [-0.39, 0.29) is 4.90 Å². The van der Waals surface area contributed by atoms with Crippen molar-refractivity contribution in [2.75, 3.05) is 31.1 Å². The van der Waals surface area contributed by atoms with E-state index in [2.05, 4.69) is 29.9 Å². The van der Waals surface area contributed by atoms with Gasteiger partial charge in [0.2, 0.25) is 10.0 Å². The van der Waals surface area contributed by atoms with Gasteiger partial charge in [-0.2, -0.15) is 4.31 Å². The maximum Gasteiger partial charge on any atom is 0.245 e. The summed E-state index contributed by atoms with van der Waals surface area (Å²) in [5.41, 5.74) is 1.93. The fraction of sp³-hybridized carbons (Fsp3) is 0.250. The Hall–Kier alpha value is -3.05. The lowest BCUT2D eigenvalue weighted by atomic mass is 10.3. The van der Waals surface area contributed by atoms with Crippen molar-refractivity contribution in [1.29, 1.82) is 0 Å². The third-order valence-electron chi connectivity index (χ3n) is 4.77. The van der Waals surface area contributed by atoms with Crippen LogP contribution in [0.15, 0.2) is 42.1 Å². The highest BCUT2D eigenvalue weighted by molar-refractivity contribution is 7.89. The molecule has 1 fully saturated rings. The van der Waals surface area contributed by atoms with E-state index in [0.717, 1.165) is 11.3 Å². The lowest BCUT2D eigenvalue weighted by Gasteiger charge is -2.34. The standard InChI is InChI=1S/C16H16N8O2S/c25-27(26,12-8-18-14-11(12)2-1-3-17-14)24-6-4-23(5-7-24)16-13-15(20-9-19-13)21-10-22-16/h1-3,8-10H,4-7H2,(H,17,18)(H,19,20,21,22). The van der Waals surface area contributed by atoms with Crippen LogP contribution in [0, 0.1) is 0 Å². The number of anilines is 1. The van der Waals surface area contributed by atoms with Gasteiger partial charge in [0.1, 0.15) is 22.4 Å². The number of aromatic amines is 2. The third kappa shape index (κ3) is 2.54. The number of sulfonamides is 1. The molecule has 4 aromatic heterocycles. The number of nitrogens with zero attached hydrogens (tertiary/aromatic N) is 6. The van der Waals surface area contributed by atoms with Gasteiger partial charge in [-0.15, -0.1) is 0 Å². The van der Waals surface area contributed by atoms with Gasteiger partial charge in [-0.25, -0.2) is 28.4 Å². The van der Waals surface area contributed by atoms with Crippen LogP contribution < -0.4 is 4.90 Å². The van der Waals surface area contributed by atoms with Crippen molar-refractivity contribution >= 4 is 38.0 Å². The number of hydrogen-bond acceptors (Lipinski definition) is 7. The van der Waals surface area contributed by atoms with Crippen LogP contribution in [-0.2, 0) is 10.0 Å². The maximum absolute atomic E-state index is 13.1. The van der Waals surface area contributed by atoms with Gasteiger partial charge in [0.15, 0.2) is 11.5 Å². The Morgan fingerprint density at radius 1 is 1.00 bits per heavy atom. The van der Waals surface area contributed by atoms with Crippen LogP contribution in [0.2, 0.25) is 0 Å². The van der Waals surface area contributed by atoms with Gasteiger partial charge in [-0.1, -0.05) is 0 Å². The highest BCUT2D eigenvalue weighted by atomic mass is 32.2. The van der Waals surface area contributed by atoms with Gasteiger partial charge in [0, 0.05) is 44.0 Å². The molecule has 0 bridgehead atoms. The van der Waals surface area contributed by atoms with Crippen LogP contribution in [0.4, 0.5) is 5.82 Å². The molecule has 0 spiro atoms. The minimum atomic E-state index is -3.60. The smallest absolute Gasteiger partial charge is 0.245 e. The van der Waals surface area contributed by atoms with E-state index in [1.807, 2.05) is 4.90 Å². The number of imidazole rings is 1. The van der Waals surface area contributed by atoms with E-state index in [4.69, 9.17) is 0 Å². The molecular formula is C16H16N8O2S. The number of fused-ring (bicyclic) bond motifs is 2. The average Bonchev–Trinajstić information content (AvgIpc) is 3.35. The molecule has 2 N–H and O–H groups in total. The molecule has 138 valence electrons. The Balaban J connectivity index is 1.41. The van der Waals surface area contributed by atoms with Crippen LogP contribution in [0.3, 0.4) is 0 Å². The number of piperazine rings is 1. The predicted octanol–water partition coefficient (Wildman–Crippen LogP) is 0.740. The molecule has 0 aliphatic carbocycles. The largest absolute Gasteiger partial charge is 0.352 e. The van der Waals surface area contributed by atoms with E-state index in [1.165, 1.54) is 16.8 Å². The highest BCUT2D eigenvalue weighted by Gasteiger charge is 2.31. The summed E-state index contributed by atoms with van der Waals surface area (Å²) in [5.74, 6) is 0.742. The number of aromatic nitrogens is 6. The summed E-state index contributed by atoms with van der Waals surface area (Å²) < 4.78 is 27.7. The predicted molar refractivity (Wildman–Crippen MR) is 98.7 cm³/mol. The minimum absolute atomic E-state index is 0.261. The van der Waals surface area contributed by atoms with Gasteiger partial charge in [-0.3, -0.25) is 0 Å². The highest BCUT2D eigenvalue weighted by Crippen LogP contribution is 2.27. The fourth-order valence-electron chi connectivity index (χ4n) is 3.42. The van der Waals surface area contributed by atoms with Crippen LogP contribution in [0.1, 0.15) is 0 Å². The summed E-state index contributed by atoms with van der Waals surface area (Å²) in [7, 11) is -3.60. The van der Waals surface area contributed by atoms with Gasteiger partial charge in [-0.05, 0) is 12.1 Å². The molecule has 1 aliphatic rings. The summed E-state index contributed by atoms with van der Waals surface area (Å²) in [6.07, 6.45) is 6.19. The van der Waals surface area contributed by atoms with E-state index in [9.17, 15) is 8.42 Å². The van der Waals surface area contributed by atoms with Gasteiger partial charge < -0.3 is 14.9 Å². The zero-order valence-corrected chi connectivity index (χ0v) is 15.0. The van der Waals surface area contributed by atoms with E-state index in [0.29, 0.717) is 42.9 Å². The van der Waals surface area contributed by atoms with Gasteiger partial charge in [0.05, 0.1) is 6.33 Å². The summed E-state index contributed by atoms with van der Waals surface area (Å²) in [5, 5.41) is 0.606. The molecule has 5 heterocycles. The average molecular weight is 384 g/mol. The number of rotatable bonds is 3. The first-order valence-corrected chi connectivity index (χ1v) is 9.90. The van der Waals surface area contributed by atoms with Crippen LogP contribution in [0.5, 0.6) is 0 Å². The molecule has 1 saturated heterocycles. The van der Waals surface area contributed by atoms with Crippen molar-refractivity contribution in [3.05, 3.63) is 37.2 Å². The van der Waals surface area contributed by atoms with Crippen molar-refractivity contribution in [1.82, 2.24) is 34.2 Å². The Morgan fingerprint density at radius 2 is 1.85 bits per heavy atom. The zero-order chi connectivity index (χ0) is 18.4. The third-order valence-corrected chi connectivity index (χ3v) is 6.71. The lowest BCUT2D eigenvalue weighted by molar-refractivity contribution is 0.384. The monoisotopic (exact) mass is 384 g/mol. The molecular weight excluding hydrogens is 368 g/mol. The summed E-state index contributed by atoms with van der Waals surface area (Å²) in [4.78, 5) is 25.1. The summed E-state index contributed by atoms with van der Waals surface area (Å²) in [6.45, 7) is 1.81. The molecule has 0 radical (unpaired) electrons. The second-order valence-corrected chi connectivity index (χ2v) is 8.15.